The normalized spacial score (nSPS) is 11.7. The van der Waals surface area contributed by atoms with E-state index in [2.05, 4.69) is 38.8 Å². The van der Waals surface area contributed by atoms with E-state index in [1.54, 1.807) is 12.1 Å². The Morgan fingerprint density at radius 1 is 1.03 bits per heavy atom. The molecule has 2 amide bonds. The van der Waals surface area contributed by atoms with Gasteiger partial charge in [0.2, 0.25) is 11.8 Å². The van der Waals surface area contributed by atoms with Gasteiger partial charge in [-0.1, -0.05) is 53.9 Å². The fourth-order valence-electron chi connectivity index (χ4n) is 3.03. The topological polar surface area (TPSA) is 96.2 Å². The number of nitrogen functional groups attached to an aromatic ring is 1. The molecule has 1 unspecified atom stereocenters. The van der Waals surface area contributed by atoms with Crippen LogP contribution in [0.2, 0.25) is 0 Å². The lowest BCUT2D eigenvalue weighted by Crippen LogP contribution is -2.41. The SMILES string of the molecule is CCCCNC(CCCCC(=O)Nc1ccccc1N)C(=O)Nc1cccc(Br)c1. The number of benzene rings is 2. The molecule has 0 aliphatic heterocycles. The number of carbonyl (C=O) groups excluding carboxylic acids is 2. The lowest BCUT2D eigenvalue weighted by atomic mass is 10.1. The highest BCUT2D eigenvalue weighted by Gasteiger charge is 2.18. The van der Waals surface area contributed by atoms with Crippen LogP contribution in [0.1, 0.15) is 45.4 Å². The molecule has 2 rings (SSSR count). The van der Waals surface area contributed by atoms with Crippen molar-refractivity contribution in [1.82, 2.24) is 5.32 Å². The monoisotopic (exact) mass is 474 g/mol. The van der Waals surface area contributed by atoms with Crippen molar-refractivity contribution in [2.24, 2.45) is 0 Å². The van der Waals surface area contributed by atoms with Crippen molar-refractivity contribution in [3.63, 3.8) is 0 Å². The minimum atomic E-state index is -0.289. The predicted octanol–water partition coefficient (Wildman–Crippen LogP) is 4.93. The van der Waals surface area contributed by atoms with Gasteiger partial charge in [0.05, 0.1) is 17.4 Å². The predicted molar refractivity (Wildman–Crippen MR) is 127 cm³/mol. The van der Waals surface area contributed by atoms with Gasteiger partial charge in [0.25, 0.3) is 0 Å². The zero-order chi connectivity index (χ0) is 21.8. The summed E-state index contributed by atoms with van der Waals surface area (Å²) in [4.78, 5) is 24.9. The lowest BCUT2D eigenvalue weighted by molar-refractivity contribution is -0.118. The molecule has 6 nitrogen and oxygen atoms in total. The largest absolute Gasteiger partial charge is 0.397 e. The Kier molecular flexibility index (Phi) is 10.4. The summed E-state index contributed by atoms with van der Waals surface area (Å²) in [7, 11) is 0. The fraction of sp³-hybridized carbons (Fsp3) is 0.391. The van der Waals surface area contributed by atoms with Crippen LogP contribution in [0.25, 0.3) is 0 Å². The second-order valence-electron chi connectivity index (χ2n) is 7.24. The number of carbonyl (C=O) groups is 2. The Labute approximate surface area is 187 Å². The summed E-state index contributed by atoms with van der Waals surface area (Å²) in [6, 6.07) is 14.5. The van der Waals surface area contributed by atoms with Crippen molar-refractivity contribution < 1.29 is 9.59 Å². The fourth-order valence-corrected chi connectivity index (χ4v) is 3.43. The molecule has 2 aromatic rings. The number of hydrogen-bond acceptors (Lipinski definition) is 4. The number of nitrogens with two attached hydrogens (primary N) is 1. The molecule has 0 radical (unpaired) electrons. The quantitative estimate of drug-likeness (QED) is 0.259. The number of unbranched alkanes of at least 4 members (excludes halogenated alkanes) is 2. The molecule has 0 spiro atoms. The van der Waals surface area contributed by atoms with Gasteiger partial charge in [-0.3, -0.25) is 9.59 Å². The Morgan fingerprint density at radius 3 is 2.57 bits per heavy atom. The smallest absolute Gasteiger partial charge is 0.241 e. The first kappa shape index (κ1) is 23.9. The van der Waals surface area contributed by atoms with Crippen LogP contribution in [0.15, 0.2) is 53.0 Å². The van der Waals surface area contributed by atoms with Gasteiger partial charge in [0.1, 0.15) is 0 Å². The van der Waals surface area contributed by atoms with E-state index in [4.69, 9.17) is 5.73 Å². The van der Waals surface area contributed by atoms with Crippen molar-refractivity contribution in [2.45, 2.75) is 51.5 Å². The Morgan fingerprint density at radius 2 is 1.83 bits per heavy atom. The van der Waals surface area contributed by atoms with E-state index in [-0.39, 0.29) is 17.9 Å². The van der Waals surface area contributed by atoms with Gasteiger partial charge in [-0.05, 0) is 56.1 Å². The van der Waals surface area contributed by atoms with Crippen LogP contribution in [0.3, 0.4) is 0 Å². The number of anilines is 3. The Hall–Kier alpha value is -2.38. The third-order valence-corrected chi connectivity index (χ3v) is 5.20. The number of nitrogens with one attached hydrogen (secondary N) is 3. The summed E-state index contributed by atoms with van der Waals surface area (Å²) >= 11 is 3.42. The van der Waals surface area contributed by atoms with Gasteiger partial charge in [-0.2, -0.15) is 0 Å². The molecule has 30 heavy (non-hydrogen) atoms. The molecule has 0 aliphatic carbocycles. The molecule has 0 saturated heterocycles. The molecule has 0 aromatic heterocycles. The van der Waals surface area contributed by atoms with Crippen LogP contribution >= 0.6 is 15.9 Å². The highest BCUT2D eigenvalue weighted by atomic mass is 79.9. The minimum absolute atomic E-state index is 0.0503. The van der Waals surface area contributed by atoms with Crippen molar-refractivity contribution in [2.75, 3.05) is 22.9 Å². The standard InChI is InChI=1S/C23H31BrN4O2/c1-2-3-15-26-21(23(30)27-18-10-8-9-17(24)16-18)13-6-7-14-22(29)28-20-12-5-4-11-19(20)25/h4-5,8-12,16,21,26H,2-3,6-7,13-15,25H2,1H3,(H,27,30)(H,28,29). The molecular formula is C23H31BrN4O2. The van der Waals surface area contributed by atoms with Crippen LogP contribution in [-0.4, -0.2) is 24.4 Å². The molecule has 0 aliphatic rings. The summed E-state index contributed by atoms with van der Waals surface area (Å²) in [6.45, 7) is 2.91. The van der Waals surface area contributed by atoms with Crippen molar-refractivity contribution >= 4 is 44.8 Å². The second-order valence-corrected chi connectivity index (χ2v) is 8.16. The molecule has 5 N–H and O–H groups in total. The van der Waals surface area contributed by atoms with E-state index in [0.29, 0.717) is 30.6 Å². The summed E-state index contributed by atoms with van der Waals surface area (Å²) < 4.78 is 0.917. The van der Waals surface area contributed by atoms with Crippen molar-refractivity contribution in [3.05, 3.63) is 53.0 Å². The molecule has 0 bridgehead atoms. The summed E-state index contributed by atoms with van der Waals surface area (Å²) in [5, 5.41) is 9.16. The Bertz CT molecular complexity index is 828. The number of para-hydroxylation sites is 2. The first-order valence-electron chi connectivity index (χ1n) is 10.4. The minimum Gasteiger partial charge on any atom is -0.397 e. The average Bonchev–Trinajstić information content (AvgIpc) is 2.71. The van der Waals surface area contributed by atoms with Gasteiger partial charge in [-0.25, -0.2) is 0 Å². The molecule has 7 heteroatoms. The number of hydrogen-bond donors (Lipinski definition) is 4. The summed E-state index contributed by atoms with van der Waals surface area (Å²) in [6.07, 6.45) is 4.62. The number of rotatable bonds is 12. The molecule has 162 valence electrons. The first-order chi connectivity index (χ1) is 14.5. The maximum absolute atomic E-state index is 12.7. The molecule has 1 atom stereocenters. The van der Waals surface area contributed by atoms with E-state index in [9.17, 15) is 9.59 Å². The van der Waals surface area contributed by atoms with Crippen molar-refractivity contribution in [3.8, 4) is 0 Å². The second kappa shape index (κ2) is 13.0. The van der Waals surface area contributed by atoms with E-state index in [1.165, 1.54) is 0 Å². The van der Waals surface area contributed by atoms with E-state index < -0.39 is 0 Å². The highest BCUT2D eigenvalue weighted by molar-refractivity contribution is 9.10. The zero-order valence-corrected chi connectivity index (χ0v) is 19.0. The third-order valence-electron chi connectivity index (χ3n) is 4.71. The van der Waals surface area contributed by atoms with Crippen LogP contribution in [0.5, 0.6) is 0 Å². The van der Waals surface area contributed by atoms with Crippen LogP contribution < -0.4 is 21.7 Å². The van der Waals surface area contributed by atoms with Crippen molar-refractivity contribution in [1.29, 1.82) is 0 Å². The van der Waals surface area contributed by atoms with Gasteiger partial charge < -0.3 is 21.7 Å². The van der Waals surface area contributed by atoms with E-state index in [0.717, 1.165) is 36.0 Å². The molecule has 2 aromatic carbocycles. The maximum atomic E-state index is 12.7. The van der Waals surface area contributed by atoms with Crippen LogP contribution in [0, 0.1) is 0 Å². The third kappa shape index (κ3) is 8.55. The molecule has 0 fully saturated rings. The highest BCUT2D eigenvalue weighted by Crippen LogP contribution is 2.18. The van der Waals surface area contributed by atoms with Gasteiger partial charge in [0, 0.05) is 16.6 Å². The van der Waals surface area contributed by atoms with E-state index in [1.807, 2.05) is 36.4 Å². The zero-order valence-electron chi connectivity index (χ0n) is 17.4. The molecule has 0 heterocycles. The number of amides is 2. The van der Waals surface area contributed by atoms with Gasteiger partial charge in [-0.15, -0.1) is 0 Å². The van der Waals surface area contributed by atoms with Gasteiger partial charge in [0.15, 0.2) is 0 Å². The average molecular weight is 475 g/mol. The van der Waals surface area contributed by atoms with Crippen LogP contribution in [0.4, 0.5) is 17.1 Å². The molecule has 0 saturated carbocycles. The first-order valence-corrected chi connectivity index (χ1v) is 11.2. The summed E-state index contributed by atoms with van der Waals surface area (Å²) in [5.41, 5.74) is 7.80. The van der Waals surface area contributed by atoms with Gasteiger partial charge >= 0.3 is 0 Å². The maximum Gasteiger partial charge on any atom is 0.241 e. The summed E-state index contributed by atoms with van der Waals surface area (Å²) in [5.74, 6) is -0.118. The lowest BCUT2D eigenvalue weighted by Gasteiger charge is -2.18. The van der Waals surface area contributed by atoms with Crippen LogP contribution in [-0.2, 0) is 9.59 Å². The Balaban J connectivity index is 1.81. The van der Waals surface area contributed by atoms with E-state index >= 15 is 0 Å². The molecular weight excluding hydrogens is 444 g/mol. The number of halogens is 1.